The molecule has 0 saturated carbocycles. The van der Waals surface area contributed by atoms with E-state index < -0.39 is 27.8 Å². The number of amides is 1. The maximum absolute atomic E-state index is 13.5. The van der Waals surface area contributed by atoms with Gasteiger partial charge in [0.1, 0.15) is 11.9 Å². The highest BCUT2D eigenvalue weighted by Gasteiger charge is 2.31. The van der Waals surface area contributed by atoms with E-state index in [1.807, 2.05) is 31.2 Å². The van der Waals surface area contributed by atoms with Gasteiger partial charge in [0.25, 0.3) is 0 Å². The van der Waals surface area contributed by atoms with E-state index >= 15 is 0 Å². The van der Waals surface area contributed by atoms with Crippen LogP contribution in [0.5, 0.6) is 0 Å². The minimum Gasteiger partial charge on any atom is -0.350 e. The summed E-state index contributed by atoms with van der Waals surface area (Å²) in [5, 5.41) is 2.56. The molecule has 0 aliphatic carbocycles. The van der Waals surface area contributed by atoms with E-state index in [1.165, 1.54) is 12.1 Å². The quantitative estimate of drug-likeness (QED) is 0.754. The summed E-state index contributed by atoms with van der Waals surface area (Å²) >= 11 is 5.79. The van der Waals surface area contributed by atoms with Gasteiger partial charge in [-0.3, -0.25) is 9.10 Å². The second-order valence-corrected chi connectivity index (χ2v) is 8.55. The smallest absolute Gasteiger partial charge is 0.244 e. The number of sulfonamides is 1. The highest BCUT2D eigenvalue weighted by Crippen LogP contribution is 2.27. The van der Waals surface area contributed by atoms with Gasteiger partial charge in [0.05, 0.1) is 17.0 Å². The van der Waals surface area contributed by atoms with Crippen molar-refractivity contribution in [3.8, 4) is 0 Å². The van der Waals surface area contributed by atoms with Crippen molar-refractivity contribution < 1.29 is 17.6 Å². The molecule has 1 unspecified atom stereocenters. The Morgan fingerprint density at radius 1 is 1.26 bits per heavy atom. The first-order valence-electron chi connectivity index (χ1n) is 8.41. The Morgan fingerprint density at radius 2 is 1.96 bits per heavy atom. The van der Waals surface area contributed by atoms with Gasteiger partial charge in [0.2, 0.25) is 15.9 Å². The molecular weight excluding hydrogens is 391 g/mol. The second-order valence-electron chi connectivity index (χ2n) is 6.29. The summed E-state index contributed by atoms with van der Waals surface area (Å²) < 4.78 is 39.2. The third-order valence-electron chi connectivity index (χ3n) is 4.04. The van der Waals surface area contributed by atoms with Crippen molar-refractivity contribution in [1.29, 1.82) is 0 Å². The van der Waals surface area contributed by atoms with E-state index in [2.05, 4.69) is 5.32 Å². The van der Waals surface area contributed by atoms with E-state index in [0.717, 1.165) is 27.8 Å². The van der Waals surface area contributed by atoms with Crippen LogP contribution < -0.4 is 9.62 Å². The zero-order valence-electron chi connectivity index (χ0n) is 15.4. The molecule has 0 aromatic heterocycles. The number of carbonyl (C=O) groups is 1. The summed E-state index contributed by atoms with van der Waals surface area (Å²) in [5.74, 6) is -1.10. The lowest BCUT2D eigenvalue weighted by atomic mass is 10.1. The predicted molar refractivity (Wildman–Crippen MR) is 106 cm³/mol. The molecule has 1 amide bonds. The Labute approximate surface area is 164 Å². The fourth-order valence-corrected chi connectivity index (χ4v) is 4.19. The van der Waals surface area contributed by atoms with Crippen molar-refractivity contribution in [3.63, 3.8) is 0 Å². The molecule has 0 aliphatic heterocycles. The number of nitrogens with one attached hydrogen (secondary N) is 1. The Hall–Kier alpha value is -2.12. The summed E-state index contributed by atoms with van der Waals surface area (Å²) in [6.07, 6.45) is 1.24. The van der Waals surface area contributed by atoms with Gasteiger partial charge < -0.3 is 5.32 Å². The molecule has 0 fully saturated rings. The van der Waals surface area contributed by atoms with Crippen molar-refractivity contribution >= 4 is 33.2 Å². The second kappa shape index (κ2) is 8.71. The minimum absolute atomic E-state index is 0.140. The third-order valence-corrected chi connectivity index (χ3v) is 5.51. The summed E-state index contributed by atoms with van der Waals surface area (Å²) in [5.41, 5.74) is 2.11. The van der Waals surface area contributed by atoms with Crippen LogP contribution in [0.4, 0.5) is 10.1 Å². The molecule has 0 saturated heterocycles. The molecular formula is C19H22ClFN2O3S. The first-order valence-corrected chi connectivity index (χ1v) is 10.6. The molecule has 1 N–H and O–H groups in total. The minimum atomic E-state index is -3.80. The van der Waals surface area contributed by atoms with Crippen molar-refractivity contribution in [2.24, 2.45) is 0 Å². The maximum Gasteiger partial charge on any atom is 0.244 e. The fraction of sp³-hybridized carbons (Fsp3) is 0.316. The SMILES string of the molecule is CCC(C(=O)NCc1cccc(C)c1)N(c1ccc(F)c(Cl)c1)S(C)(=O)=O. The van der Waals surface area contributed by atoms with Crippen molar-refractivity contribution in [2.45, 2.75) is 32.9 Å². The molecule has 0 bridgehead atoms. The summed E-state index contributed by atoms with van der Waals surface area (Å²) in [6.45, 7) is 3.93. The largest absolute Gasteiger partial charge is 0.350 e. The van der Waals surface area contributed by atoms with Crippen LogP contribution in [0.25, 0.3) is 0 Å². The average Bonchev–Trinajstić information content (AvgIpc) is 2.59. The summed E-state index contributed by atoms with van der Waals surface area (Å²) in [7, 11) is -3.80. The van der Waals surface area contributed by atoms with Gasteiger partial charge in [0, 0.05) is 6.54 Å². The Morgan fingerprint density at radius 3 is 2.52 bits per heavy atom. The van der Waals surface area contributed by atoms with Crippen LogP contribution >= 0.6 is 11.6 Å². The number of carbonyl (C=O) groups excluding carboxylic acids is 1. The monoisotopic (exact) mass is 412 g/mol. The predicted octanol–water partition coefficient (Wildman–Crippen LogP) is 3.65. The highest BCUT2D eigenvalue weighted by atomic mass is 35.5. The molecule has 0 aliphatic rings. The number of nitrogens with zero attached hydrogens (tertiary/aromatic N) is 1. The highest BCUT2D eigenvalue weighted by molar-refractivity contribution is 7.92. The van der Waals surface area contributed by atoms with E-state index in [4.69, 9.17) is 11.6 Å². The van der Waals surface area contributed by atoms with Crippen LogP contribution in [0.3, 0.4) is 0 Å². The first kappa shape index (κ1) is 21.2. The Balaban J connectivity index is 2.28. The summed E-state index contributed by atoms with van der Waals surface area (Å²) in [4.78, 5) is 12.7. The molecule has 2 rings (SSSR count). The van der Waals surface area contributed by atoms with E-state index in [-0.39, 0.29) is 23.7 Å². The van der Waals surface area contributed by atoms with Gasteiger partial charge in [-0.1, -0.05) is 48.4 Å². The van der Waals surface area contributed by atoms with Gasteiger partial charge in [-0.05, 0) is 37.1 Å². The van der Waals surface area contributed by atoms with Gasteiger partial charge >= 0.3 is 0 Å². The molecule has 2 aromatic carbocycles. The van der Waals surface area contributed by atoms with Crippen molar-refractivity contribution in [2.75, 3.05) is 10.6 Å². The van der Waals surface area contributed by atoms with Crippen LogP contribution in [-0.2, 0) is 21.4 Å². The maximum atomic E-state index is 13.5. The van der Waals surface area contributed by atoms with Crippen molar-refractivity contribution in [1.82, 2.24) is 5.32 Å². The Bertz CT molecular complexity index is 934. The van der Waals surface area contributed by atoms with Crippen LogP contribution in [0.1, 0.15) is 24.5 Å². The standard InChI is InChI=1S/C19H22ClFN2O3S/c1-4-18(19(24)22-12-14-7-5-6-13(2)10-14)23(27(3,25)26)15-8-9-17(21)16(20)11-15/h5-11,18H,4,12H2,1-3H3,(H,22,24). The number of hydrogen-bond donors (Lipinski definition) is 1. The molecule has 0 spiro atoms. The lowest BCUT2D eigenvalue weighted by molar-refractivity contribution is -0.122. The molecule has 5 nitrogen and oxygen atoms in total. The number of halogens is 2. The normalized spacial score (nSPS) is 12.5. The van der Waals surface area contributed by atoms with Gasteiger partial charge in [0.15, 0.2) is 0 Å². The van der Waals surface area contributed by atoms with E-state index in [9.17, 15) is 17.6 Å². The van der Waals surface area contributed by atoms with Gasteiger partial charge in [-0.15, -0.1) is 0 Å². The van der Waals surface area contributed by atoms with Crippen LogP contribution in [0.2, 0.25) is 5.02 Å². The van der Waals surface area contributed by atoms with E-state index in [1.54, 1.807) is 6.92 Å². The zero-order chi connectivity index (χ0) is 20.2. The number of benzene rings is 2. The average molecular weight is 413 g/mol. The first-order chi connectivity index (χ1) is 12.6. The van der Waals surface area contributed by atoms with Gasteiger partial charge in [-0.25, -0.2) is 12.8 Å². The van der Waals surface area contributed by atoms with Crippen LogP contribution in [0.15, 0.2) is 42.5 Å². The lowest BCUT2D eigenvalue weighted by Crippen LogP contribution is -2.49. The van der Waals surface area contributed by atoms with Gasteiger partial charge in [-0.2, -0.15) is 0 Å². The van der Waals surface area contributed by atoms with Crippen molar-refractivity contribution in [3.05, 3.63) is 64.4 Å². The lowest BCUT2D eigenvalue weighted by Gasteiger charge is -2.30. The molecule has 0 radical (unpaired) electrons. The number of aryl methyl sites for hydroxylation is 1. The van der Waals surface area contributed by atoms with Crippen LogP contribution in [-0.4, -0.2) is 26.6 Å². The van der Waals surface area contributed by atoms with E-state index in [0.29, 0.717) is 0 Å². The Kier molecular flexibility index (Phi) is 6.84. The number of rotatable bonds is 7. The molecule has 2 aromatic rings. The zero-order valence-corrected chi connectivity index (χ0v) is 16.9. The van der Waals surface area contributed by atoms with Crippen LogP contribution in [0, 0.1) is 12.7 Å². The number of anilines is 1. The fourth-order valence-electron chi connectivity index (χ4n) is 2.81. The molecule has 0 heterocycles. The molecule has 1 atom stereocenters. The molecule has 146 valence electrons. The molecule has 27 heavy (non-hydrogen) atoms. The summed E-state index contributed by atoms with van der Waals surface area (Å²) in [6, 6.07) is 10.2. The molecule has 8 heteroatoms. The number of hydrogen-bond acceptors (Lipinski definition) is 3. The third kappa shape index (κ3) is 5.43. The topological polar surface area (TPSA) is 66.5 Å².